The van der Waals surface area contributed by atoms with E-state index in [9.17, 15) is 0 Å². The molecule has 2 aliphatic rings. The van der Waals surface area contributed by atoms with Crippen molar-refractivity contribution in [2.45, 2.75) is 105 Å². The summed E-state index contributed by atoms with van der Waals surface area (Å²) < 4.78 is 2.54. The predicted molar refractivity (Wildman–Crippen MR) is 121 cm³/mol. The minimum Gasteiger partial charge on any atom is -0.269 e. The fraction of sp³-hybridized carbons (Fsp3) is 0.667. The molecule has 0 fully saturated rings. The van der Waals surface area contributed by atoms with Crippen LogP contribution in [0.25, 0.3) is 0 Å². The smallest absolute Gasteiger partial charge is 0.269 e. The Morgan fingerprint density at radius 1 is 0.852 bits per heavy atom. The molecule has 0 radical (unpaired) electrons. The Hall–Kier alpha value is 0.673. The van der Waals surface area contributed by atoms with Gasteiger partial charge < -0.3 is 0 Å². The first-order valence-corrected chi connectivity index (χ1v) is 13.2. The Balaban J connectivity index is 0. The van der Waals surface area contributed by atoms with E-state index < -0.39 is 0 Å². The molecule has 0 aromatic carbocycles. The molecule has 0 N–H and O–H groups in total. The third-order valence-electron chi connectivity index (χ3n) is 4.76. The summed E-state index contributed by atoms with van der Waals surface area (Å²) in [6.45, 7) is 13.5. The van der Waals surface area contributed by atoms with Gasteiger partial charge in [0.05, 0.1) is 0 Å². The van der Waals surface area contributed by atoms with E-state index in [2.05, 4.69) is 80.9 Å². The summed E-state index contributed by atoms with van der Waals surface area (Å²) in [4.78, 5) is 0. The third-order valence-corrected chi connectivity index (χ3v) is 10.7. The van der Waals surface area contributed by atoms with Crippen LogP contribution in [-0.2, 0) is 26.2 Å². The summed E-state index contributed by atoms with van der Waals surface area (Å²) >= 11 is 0.701. The van der Waals surface area contributed by atoms with Gasteiger partial charge in [-0.2, -0.15) is 12.2 Å². The Kier molecular flexibility index (Phi) is 22.1. The second-order valence-electron chi connectivity index (χ2n) is 7.68. The second-order valence-corrected chi connectivity index (χ2v) is 10.6. The van der Waals surface area contributed by atoms with Gasteiger partial charge in [-0.05, 0) is 0 Å². The molecule has 0 spiro atoms. The predicted octanol–water partition coefficient (Wildman–Crippen LogP) is 6.38. The second kappa shape index (κ2) is 20.0. The molecule has 0 heterocycles. The quantitative estimate of drug-likeness (QED) is 0.317. The van der Waals surface area contributed by atoms with Crippen LogP contribution in [0, 0.1) is 12.2 Å². The Morgan fingerprint density at radius 2 is 1.22 bits per heavy atom. The standard InChI is InChI=1S/2C9H13.C6H14N.In.Zr.2H/c2*1-2-3-6-9-7-4-5-8-9;1-5(2)7-6(3)4;;;;/h2*4,7H,2-3,5-6H2,1H3;5-6H,1-4H3;;;;/q3*-1;+1;+2;;. The fourth-order valence-electron chi connectivity index (χ4n) is 2.57. The van der Waals surface area contributed by atoms with E-state index in [0.29, 0.717) is 24.7 Å². The fourth-order valence-corrected chi connectivity index (χ4v) is 2.57. The number of hydrogen-bond acceptors (Lipinski definition) is 1. The molecular weight excluding hydrogens is 508 g/mol. The Morgan fingerprint density at radius 3 is 1.41 bits per heavy atom. The Bertz CT molecular complexity index is 419. The number of nitrogens with zero attached hydrogens (tertiary/aromatic N) is 1. The van der Waals surface area contributed by atoms with Crippen LogP contribution in [0.15, 0.2) is 35.5 Å². The monoisotopic (exact) mass is 549 g/mol. The molecule has 0 aliphatic heterocycles. The van der Waals surface area contributed by atoms with E-state index in [-0.39, 0.29) is 26.2 Å². The van der Waals surface area contributed by atoms with E-state index in [0.717, 1.165) is 24.9 Å². The van der Waals surface area contributed by atoms with Crippen LogP contribution in [0.3, 0.4) is 0 Å². The van der Waals surface area contributed by atoms with Crippen LogP contribution >= 0.6 is 0 Å². The molecule has 0 bridgehead atoms. The molecule has 2 aliphatic carbocycles. The van der Waals surface area contributed by atoms with Gasteiger partial charge in [0.1, 0.15) is 0 Å². The van der Waals surface area contributed by atoms with Gasteiger partial charge >= 0.3 is 93.5 Å². The van der Waals surface area contributed by atoms with Crippen LogP contribution in [0.4, 0.5) is 0 Å². The maximum atomic E-state index is 3.30. The number of allylic oxidation sites excluding steroid dienone is 8. The topological polar surface area (TPSA) is 3.24 Å². The van der Waals surface area contributed by atoms with Gasteiger partial charge in [-0.25, -0.2) is 23.3 Å². The molecule has 0 saturated heterocycles. The van der Waals surface area contributed by atoms with Crippen molar-refractivity contribution in [3.8, 4) is 0 Å². The third kappa shape index (κ3) is 17.3. The SMILES string of the molecule is CC(C)[N]([InH2])C(C)C.CCCCC1=[C-]CC=C1.CCCCC1=[C-]CC=C1.[Zr+2]. The molecule has 0 aromatic heterocycles. The average Bonchev–Trinajstić information content (AvgIpc) is 3.32. The van der Waals surface area contributed by atoms with Crippen molar-refractivity contribution in [2.24, 2.45) is 0 Å². The molecular formula is C24H42InNZr. The van der Waals surface area contributed by atoms with Crippen LogP contribution in [-0.4, -0.2) is 39.6 Å². The van der Waals surface area contributed by atoms with Gasteiger partial charge in [0.25, 0.3) is 0 Å². The first kappa shape index (κ1) is 29.9. The van der Waals surface area contributed by atoms with E-state index in [4.69, 9.17) is 0 Å². The van der Waals surface area contributed by atoms with Crippen molar-refractivity contribution < 1.29 is 26.2 Å². The minimum atomic E-state index is 0. The van der Waals surface area contributed by atoms with Crippen LogP contribution < -0.4 is 0 Å². The van der Waals surface area contributed by atoms with Gasteiger partial charge in [0.2, 0.25) is 0 Å². The first-order chi connectivity index (χ1) is 12.4. The molecule has 0 saturated carbocycles. The molecule has 1 nitrogen and oxygen atoms in total. The summed E-state index contributed by atoms with van der Waals surface area (Å²) in [5.41, 5.74) is 2.83. The maximum absolute atomic E-state index is 3.30. The van der Waals surface area contributed by atoms with Crippen molar-refractivity contribution in [3.63, 3.8) is 0 Å². The normalized spacial score (nSPS) is 14.4. The zero-order valence-electron chi connectivity index (χ0n) is 19.1. The molecule has 0 amide bonds. The summed E-state index contributed by atoms with van der Waals surface area (Å²) in [7, 11) is 0. The molecule has 0 atom stereocenters. The average molecular weight is 551 g/mol. The van der Waals surface area contributed by atoms with Gasteiger partial charge in [0, 0.05) is 0 Å². The molecule has 150 valence electrons. The van der Waals surface area contributed by atoms with E-state index in [1.54, 1.807) is 0 Å². The van der Waals surface area contributed by atoms with Gasteiger partial charge in [-0.15, -0.1) is 12.8 Å². The molecule has 27 heavy (non-hydrogen) atoms. The van der Waals surface area contributed by atoms with Crippen molar-refractivity contribution >= 4 is 24.7 Å². The van der Waals surface area contributed by atoms with E-state index in [1.165, 1.54) is 49.7 Å². The summed E-state index contributed by atoms with van der Waals surface area (Å²) in [6.07, 6.45) is 25.1. The van der Waals surface area contributed by atoms with Crippen molar-refractivity contribution in [2.75, 3.05) is 0 Å². The van der Waals surface area contributed by atoms with Crippen molar-refractivity contribution in [3.05, 3.63) is 47.6 Å². The number of rotatable bonds is 8. The van der Waals surface area contributed by atoms with Gasteiger partial charge in [-0.3, -0.25) is 12.2 Å². The van der Waals surface area contributed by atoms with Crippen molar-refractivity contribution in [1.82, 2.24) is 2.89 Å². The molecule has 2 rings (SSSR count). The van der Waals surface area contributed by atoms with E-state index in [1.807, 2.05) is 0 Å². The first-order valence-electron chi connectivity index (χ1n) is 10.7. The van der Waals surface area contributed by atoms with Crippen molar-refractivity contribution in [1.29, 1.82) is 0 Å². The summed E-state index contributed by atoms with van der Waals surface area (Å²) in [6, 6.07) is 1.54. The molecule has 0 unspecified atom stereocenters. The molecule has 0 aromatic rings. The zero-order valence-corrected chi connectivity index (χ0v) is 27.2. The summed E-state index contributed by atoms with van der Waals surface area (Å²) in [5.74, 6) is 0. The number of unbranched alkanes of at least 4 members (excludes halogenated alkanes) is 2. The largest absolute Gasteiger partial charge is 2.00 e. The van der Waals surface area contributed by atoms with Crippen LogP contribution in [0.2, 0.25) is 0 Å². The summed E-state index contributed by atoms with van der Waals surface area (Å²) in [5, 5.41) is 0. The van der Waals surface area contributed by atoms with Gasteiger partial charge in [0.15, 0.2) is 0 Å². The zero-order chi connectivity index (χ0) is 19.8. The van der Waals surface area contributed by atoms with Gasteiger partial charge in [-0.1, -0.05) is 52.4 Å². The van der Waals surface area contributed by atoms with Crippen LogP contribution in [0.1, 0.15) is 92.9 Å². The van der Waals surface area contributed by atoms with Crippen LogP contribution in [0.5, 0.6) is 0 Å². The Labute approximate surface area is 204 Å². The van der Waals surface area contributed by atoms with E-state index >= 15 is 0 Å². The number of hydrogen-bond donors (Lipinski definition) is 0. The minimum absolute atomic E-state index is 0. The molecule has 3 heteroatoms. The maximum Gasteiger partial charge on any atom is 2.00 e.